The van der Waals surface area contributed by atoms with Crippen molar-refractivity contribution < 1.29 is 9.47 Å². The molecular formula is C24H31NO2. The molecule has 2 aliphatic rings. The van der Waals surface area contributed by atoms with Gasteiger partial charge in [-0.05, 0) is 74.5 Å². The van der Waals surface area contributed by atoms with E-state index < -0.39 is 0 Å². The number of hydrogen-bond acceptors (Lipinski definition) is 3. The van der Waals surface area contributed by atoms with Gasteiger partial charge in [-0.3, -0.25) is 0 Å². The second-order valence-corrected chi connectivity index (χ2v) is 8.28. The van der Waals surface area contributed by atoms with Crippen LogP contribution >= 0.6 is 0 Å². The van der Waals surface area contributed by atoms with Crippen molar-refractivity contribution in [1.82, 2.24) is 4.90 Å². The first-order chi connectivity index (χ1) is 13.2. The van der Waals surface area contributed by atoms with E-state index in [9.17, 15) is 0 Å². The maximum atomic E-state index is 6.16. The van der Waals surface area contributed by atoms with Crippen molar-refractivity contribution in [1.29, 1.82) is 0 Å². The smallest absolute Gasteiger partial charge is 0.122 e. The van der Waals surface area contributed by atoms with E-state index in [0.29, 0.717) is 5.41 Å². The molecule has 2 fully saturated rings. The highest BCUT2D eigenvalue weighted by molar-refractivity contribution is 5.72. The van der Waals surface area contributed by atoms with Crippen molar-refractivity contribution in [2.45, 2.75) is 33.1 Å². The van der Waals surface area contributed by atoms with E-state index in [4.69, 9.17) is 9.47 Å². The molecule has 27 heavy (non-hydrogen) atoms. The molecule has 2 aliphatic heterocycles. The number of ether oxygens (including phenoxy) is 2. The summed E-state index contributed by atoms with van der Waals surface area (Å²) in [6.07, 6.45) is 3.68. The first kappa shape index (κ1) is 18.5. The van der Waals surface area contributed by atoms with Crippen LogP contribution in [0.4, 0.5) is 0 Å². The molecule has 0 atom stereocenters. The van der Waals surface area contributed by atoms with Gasteiger partial charge in [-0.2, -0.15) is 0 Å². The molecule has 4 rings (SSSR count). The van der Waals surface area contributed by atoms with Crippen LogP contribution < -0.4 is 4.74 Å². The number of piperidine rings is 1. The summed E-state index contributed by atoms with van der Waals surface area (Å²) in [4.78, 5) is 2.59. The lowest BCUT2D eigenvalue weighted by Crippen LogP contribution is -2.51. The second kappa shape index (κ2) is 8.04. The summed E-state index contributed by atoms with van der Waals surface area (Å²) >= 11 is 0. The van der Waals surface area contributed by atoms with E-state index in [1.807, 2.05) is 0 Å². The van der Waals surface area contributed by atoms with Crippen molar-refractivity contribution >= 4 is 0 Å². The van der Waals surface area contributed by atoms with Gasteiger partial charge in [0.2, 0.25) is 0 Å². The zero-order valence-electron chi connectivity index (χ0n) is 16.7. The van der Waals surface area contributed by atoms with Crippen molar-refractivity contribution in [3.8, 4) is 16.9 Å². The quantitative estimate of drug-likeness (QED) is 0.683. The summed E-state index contributed by atoms with van der Waals surface area (Å²) in [5.41, 5.74) is 5.63. The number of nitrogens with zero attached hydrogens (tertiary/aromatic N) is 1. The van der Waals surface area contributed by atoms with Gasteiger partial charge in [-0.15, -0.1) is 0 Å². The molecule has 0 N–H and O–H groups in total. The highest BCUT2D eigenvalue weighted by Crippen LogP contribution is 2.38. The zero-order valence-corrected chi connectivity index (χ0v) is 16.7. The van der Waals surface area contributed by atoms with E-state index in [0.717, 1.165) is 38.5 Å². The average Bonchev–Trinajstić information content (AvgIpc) is 2.66. The van der Waals surface area contributed by atoms with Gasteiger partial charge < -0.3 is 14.4 Å². The van der Waals surface area contributed by atoms with E-state index in [-0.39, 0.29) is 0 Å². The number of aryl methyl sites for hydroxylation is 1. The molecule has 0 aromatic heterocycles. The largest absolute Gasteiger partial charge is 0.493 e. The van der Waals surface area contributed by atoms with E-state index in [2.05, 4.69) is 61.2 Å². The Morgan fingerprint density at radius 1 is 0.963 bits per heavy atom. The van der Waals surface area contributed by atoms with Crippen LogP contribution in [0.25, 0.3) is 11.1 Å². The summed E-state index contributed by atoms with van der Waals surface area (Å²) in [5.74, 6) is 1.01. The Labute approximate surface area is 163 Å². The van der Waals surface area contributed by atoms with Crippen LogP contribution in [-0.2, 0) is 4.74 Å². The molecule has 0 amide bonds. The van der Waals surface area contributed by atoms with Gasteiger partial charge >= 0.3 is 0 Å². The molecule has 2 saturated heterocycles. The fraction of sp³-hybridized carbons (Fsp3) is 0.500. The van der Waals surface area contributed by atoms with E-state index in [1.54, 1.807) is 0 Å². The first-order valence-electron chi connectivity index (χ1n) is 10.3. The monoisotopic (exact) mass is 365 g/mol. The van der Waals surface area contributed by atoms with Crippen molar-refractivity contribution in [3.05, 3.63) is 53.6 Å². The van der Waals surface area contributed by atoms with Gasteiger partial charge in [0, 0.05) is 12.0 Å². The van der Waals surface area contributed by atoms with Crippen LogP contribution in [0.2, 0.25) is 0 Å². The third-order valence-electron chi connectivity index (χ3n) is 6.33. The van der Waals surface area contributed by atoms with Gasteiger partial charge in [0.25, 0.3) is 0 Å². The molecule has 0 bridgehead atoms. The molecule has 3 heteroatoms. The van der Waals surface area contributed by atoms with Crippen LogP contribution in [0.3, 0.4) is 0 Å². The summed E-state index contributed by atoms with van der Waals surface area (Å²) in [5, 5.41) is 0. The Bertz CT molecular complexity index is 772. The highest BCUT2D eigenvalue weighted by atomic mass is 16.5. The predicted octanol–water partition coefficient (Wildman–Crippen LogP) is 4.85. The third kappa shape index (κ3) is 4.04. The number of benzene rings is 2. The van der Waals surface area contributed by atoms with Crippen LogP contribution in [-0.4, -0.2) is 44.4 Å². The number of likely N-dealkylation sites (tertiary alicyclic amines) is 1. The lowest BCUT2D eigenvalue weighted by Gasteiger charge is -2.47. The van der Waals surface area contributed by atoms with E-state index in [1.165, 1.54) is 48.2 Å². The first-order valence-corrected chi connectivity index (χ1v) is 10.3. The molecule has 0 unspecified atom stereocenters. The Balaban J connectivity index is 1.29. The minimum absolute atomic E-state index is 0.528. The SMILES string of the molecule is Cc1ccccc1-c1cccc(OCCCN2CCC3(CC2)COC3)c1C. The van der Waals surface area contributed by atoms with Crippen molar-refractivity contribution in [2.75, 3.05) is 39.5 Å². The molecule has 144 valence electrons. The lowest BCUT2D eigenvalue weighted by atomic mass is 9.77. The van der Waals surface area contributed by atoms with Crippen molar-refractivity contribution in [3.63, 3.8) is 0 Å². The van der Waals surface area contributed by atoms with Crippen LogP contribution in [0.5, 0.6) is 5.75 Å². The Hall–Kier alpha value is -1.84. The molecule has 0 radical (unpaired) electrons. The van der Waals surface area contributed by atoms with Crippen LogP contribution in [0.1, 0.15) is 30.4 Å². The lowest BCUT2D eigenvalue weighted by molar-refractivity contribution is -0.139. The average molecular weight is 366 g/mol. The summed E-state index contributed by atoms with van der Waals surface area (Å²) in [7, 11) is 0. The molecule has 3 nitrogen and oxygen atoms in total. The van der Waals surface area contributed by atoms with Crippen molar-refractivity contribution in [2.24, 2.45) is 5.41 Å². The molecule has 2 aromatic rings. The highest BCUT2D eigenvalue weighted by Gasteiger charge is 2.40. The normalized spacial score (nSPS) is 19.0. The van der Waals surface area contributed by atoms with Crippen LogP contribution in [0, 0.1) is 19.3 Å². The van der Waals surface area contributed by atoms with Gasteiger partial charge in [0.05, 0.1) is 19.8 Å². The summed E-state index contributed by atoms with van der Waals surface area (Å²) < 4.78 is 11.6. The fourth-order valence-electron chi connectivity index (χ4n) is 4.34. The van der Waals surface area contributed by atoms with Crippen LogP contribution in [0.15, 0.2) is 42.5 Å². The molecule has 1 spiro atoms. The molecular weight excluding hydrogens is 334 g/mol. The predicted molar refractivity (Wildman–Crippen MR) is 110 cm³/mol. The second-order valence-electron chi connectivity index (χ2n) is 8.28. The number of hydrogen-bond donors (Lipinski definition) is 0. The Morgan fingerprint density at radius 2 is 1.70 bits per heavy atom. The van der Waals surface area contributed by atoms with Gasteiger partial charge in [-0.1, -0.05) is 36.4 Å². The summed E-state index contributed by atoms with van der Waals surface area (Å²) in [6, 6.07) is 15.0. The zero-order chi connectivity index (χ0) is 18.7. The summed E-state index contributed by atoms with van der Waals surface area (Å²) in [6.45, 7) is 10.6. The molecule has 2 aromatic carbocycles. The minimum Gasteiger partial charge on any atom is -0.493 e. The van der Waals surface area contributed by atoms with E-state index >= 15 is 0 Å². The van der Waals surface area contributed by atoms with Gasteiger partial charge in [0.1, 0.15) is 5.75 Å². The molecule has 0 saturated carbocycles. The maximum Gasteiger partial charge on any atom is 0.122 e. The maximum absolute atomic E-state index is 6.16. The molecule has 0 aliphatic carbocycles. The Morgan fingerprint density at radius 3 is 2.41 bits per heavy atom. The standard InChI is InChI=1S/C24H31NO2/c1-19-7-3-4-8-21(19)22-9-5-10-23(20(22)2)27-16-6-13-25-14-11-24(12-15-25)17-26-18-24/h3-5,7-10H,6,11-18H2,1-2H3. The Kier molecular flexibility index (Phi) is 5.51. The minimum atomic E-state index is 0.528. The van der Waals surface area contributed by atoms with Gasteiger partial charge in [0.15, 0.2) is 0 Å². The topological polar surface area (TPSA) is 21.7 Å². The third-order valence-corrected chi connectivity index (χ3v) is 6.33. The van der Waals surface area contributed by atoms with Gasteiger partial charge in [-0.25, -0.2) is 0 Å². The number of rotatable bonds is 6. The fourth-order valence-corrected chi connectivity index (χ4v) is 4.34. The molecule has 2 heterocycles.